The van der Waals surface area contributed by atoms with Crippen molar-refractivity contribution >= 4 is 46.1 Å². The number of nitro benzene ring substituents is 1. The molecule has 10 heteroatoms. The van der Waals surface area contributed by atoms with Crippen LogP contribution in [0, 0.1) is 21.4 Å². The first-order valence-electron chi connectivity index (χ1n) is 6.67. The summed E-state index contributed by atoms with van der Waals surface area (Å²) in [4.78, 5) is 26.5. The van der Waals surface area contributed by atoms with Gasteiger partial charge in [-0.25, -0.2) is 0 Å². The van der Waals surface area contributed by atoms with E-state index in [1.54, 1.807) is 12.1 Å². The van der Waals surface area contributed by atoms with Gasteiger partial charge in [-0.1, -0.05) is 30.8 Å². The molecule has 0 spiro atoms. The Morgan fingerprint density at radius 2 is 2.38 bits per heavy atom. The fraction of sp³-hybridized carbons (Fsp3) is 0.143. The molecule has 1 N–H and O–H groups in total. The number of carbonyl (C=O) groups excluding carboxylic acids is 1. The van der Waals surface area contributed by atoms with Gasteiger partial charge in [-0.2, -0.15) is 14.6 Å². The van der Waals surface area contributed by atoms with E-state index in [-0.39, 0.29) is 16.4 Å². The van der Waals surface area contributed by atoms with E-state index in [2.05, 4.69) is 14.7 Å². The van der Waals surface area contributed by atoms with Crippen molar-refractivity contribution in [3.63, 3.8) is 0 Å². The zero-order valence-electron chi connectivity index (χ0n) is 12.4. The second-order valence-electron chi connectivity index (χ2n) is 4.29. The van der Waals surface area contributed by atoms with E-state index < -0.39 is 10.8 Å². The van der Waals surface area contributed by atoms with Crippen LogP contribution in [0.25, 0.3) is 6.08 Å². The van der Waals surface area contributed by atoms with Gasteiger partial charge in [-0.05, 0) is 17.4 Å². The number of hydrogen-bond acceptors (Lipinski definition) is 8. The van der Waals surface area contributed by atoms with E-state index in [1.807, 2.05) is 6.92 Å². The van der Waals surface area contributed by atoms with Crippen LogP contribution in [-0.4, -0.2) is 25.9 Å². The van der Waals surface area contributed by atoms with Gasteiger partial charge in [0.2, 0.25) is 10.3 Å². The Hall–Kier alpha value is -2.77. The minimum absolute atomic E-state index is 0.119. The summed E-state index contributed by atoms with van der Waals surface area (Å²) in [6, 6.07) is 7.45. The maximum absolute atomic E-state index is 12.1. The van der Waals surface area contributed by atoms with Crippen LogP contribution in [0.15, 0.2) is 35.0 Å². The number of rotatable bonds is 6. The zero-order valence-corrected chi connectivity index (χ0v) is 14.1. The van der Waals surface area contributed by atoms with Crippen molar-refractivity contribution in [3.8, 4) is 6.07 Å². The van der Waals surface area contributed by atoms with Crippen molar-refractivity contribution in [1.82, 2.24) is 9.36 Å². The van der Waals surface area contributed by atoms with Crippen LogP contribution in [0.4, 0.5) is 10.8 Å². The highest BCUT2D eigenvalue weighted by atomic mass is 32.2. The number of nitrogens with zero attached hydrogens (tertiary/aromatic N) is 4. The molecule has 0 saturated heterocycles. The Balaban J connectivity index is 2.17. The predicted molar refractivity (Wildman–Crippen MR) is 91.6 cm³/mol. The molecule has 0 unspecified atom stereocenters. The van der Waals surface area contributed by atoms with Crippen molar-refractivity contribution in [2.24, 2.45) is 0 Å². The molecule has 0 radical (unpaired) electrons. The summed E-state index contributed by atoms with van der Waals surface area (Å²) < 4.78 is 4.06. The molecule has 2 rings (SSSR count). The number of benzene rings is 1. The number of hydrogen-bond donors (Lipinski definition) is 1. The first kappa shape index (κ1) is 17.6. The molecule has 0 saturated carbocycles. The van der Waals surface area contributed by atoms with Gasteiger partial charge in [0.1, 0.15) is 11.6 Å². The minimum atomic E-state index is -0.645. The van der Waals surface area contributed by atoms with Gasteiger partial charge >= 0.3 is 0 Å². The molecule has 0 aliphatic carbocycles. The van der Waals surface area contributed by atoms with E-state index >= 15 is 0 Å². The second-order valence-corrected chi connectivity index (χ2v) is 6.27. The highest BCUT2D eigenvalue weighted by Crippen LogP contribution is 2.21. The molecule has 1 amide bonds. The Bertz CT molecular complexity index is 841. The van der Waals surface area contributed by atoms with Gasteiger partial charge in [-0.3, -0.25) is 20.2 Å². The molecule has 8 nitrogen and oxygen atoms in total. The monoisotopic (exact) mass is 361 g/mol. The lowest BCUT2D eigenvalue weighted by Gasteiger charge is -2.00. The number of non-ortho nitro benzene ring substituents is 1. The van der Waals surface area contributed by atoms with E-state index in [4.69, 9.17) is 5.26 Å². The van der Waals surface area contributed by atoms with Crippen LogP contribution in [0.1, 0.15) is 12.5 Å². The average molecular weight is 361 g/mol. The average Bonchev–Trinajstić information content (AvgIpc) is 3.00. The molecule has 1 aromatic carbocycles. The molecule has 0 bridgehead atoms. The summed E-state index contributed by atoms with van der Waals surface area (Å²) >= 11 is 2.46. The molecule has 0 fully saturated rings. The van der Waals surface area contributed by atoms with Crippen LogP contribution >= 0.6 is 23.3 Å². The Morgan fingerprint density at radius 1 is 1.58 bits per heavy atom. The molecular formula is C14H11N5O3S2. The molecule has 1 heterocycles. The molecule has 24 heavy (non-hydrogen) atoms. The first-order valence-corrected chi connectivity index (χ1v) is 8.43. The fourth-order valence-corrected chi connectivity index (χ4v) is 2.92. The maximum atomic E-state index is 12.1. The summed E-state index contributed by atoms with van der Waals surface area (Å²) in [7, 11) is 0. The van der Waals surface area contributed by atoms with Crippen molar-refractivity contribution in [1.29, 1.82) is 5.26 Å². The SMILES string of the molecule is CCSc1nsc(NC(=O)/C(C#N)=C\c2cccc([N+](=O)[O-])c2)n1. The molecule has 1 aromatic heterocycles. The molecule has 122 valence electrons. The number of nitro groups is 1. The number of amides is 1. The number of anilines is 1. The predicted octanol–water partition coefficient (Wildman–Crippen LogP) is 3.10. The molecular weight excluding hydrogens is 350 g/mol. The Labute approximate surface area is 145 Å². The molecule has 0 aliphatic rings. The summed E-state index contributed by atoms with van der Waals surface area (Å²) in [6.45, 7) is 1.96. The summed E-state index contributed by atoms with van der Waals surface area (Å²) in [6.07, 6.45) is 1.28. The summed E-state index contributed by atoms with van der Waals surface area (Å²) in [5.74, 6) is 0.161. The highest BCUT2D eigenvalue weighted by Gasteiger charge is 2.13. The summed E-state index contributed by atoms with van der Waals surface area (Å²) in [5.41, 5.74) is 0.0811. The van der Waals surface area contributed by atoms with Crippen LogP contribution in [0.2, 0.25) is 0 Å². The lowest BCUT2D eigenvalue weighted by molar-refractivity contribution is -0.384. The number of nitrogens with one attached hydrogen (secondary N) is 1. The first-order chi connectivity index (χ1) is 11.5. The number of nitriles is 1. The van der Waals surface area contributed by atoms with E-state index in [9.17, 15) is 14.9 Å². The van der Waals surface area contributed by atoms with Crippen molar-refractivity contribution in [3.05, 3.63) is 45.5 Å². The molecule has 2 aromatic rings. The maximum Gasteiger partial charge on any atom is 0.270 e. The molecule has 0 aliphatic heterocycles. The Kier molecular flexibility index (Phi) is 6.00. The van der Waals surface area contributed by atoms with Gasteiger partial charge in [0, 0.05) is 23.7 Å². The van der Waals surface area contributed by atoms with Crippen molar-refractivity contribution < 1.29 is 9.72 Å². The minimum Gasteiger partial charge on any atom is -0.296 e. The van der Waals surface area contributed by atoms with Crippen LogP contribution in [0.3, 0.4) is 0 Å². The van der Waals surface area contributed by atoms with Gasteiger partial charge in [0.15, 0.2) is 0 Å². The largest absolute Gasteiger partial charge is 0.296 e. The standard InChI is InChI=1S/C14H11N5O3S2/c1-2-23-14-17-13(24-18-14)16-12(20)10(8-15)6-9-4-3-5-11(7-9)19(21)22/h3-7H,2H2,1H3,(H,16,17,18,20)/b10-6-. The van der Waals surface area contributed by atoms with Crippen LogP contribution < -0.4 is 5.32 Å². The van der Waals surface area contributed by atoms with E-state index in [0.717, 1.165) is 17.3 Å². The van der Waals surface area contributed by atoms with Crippen molar-refractivity contribution in [2.75, 3.05) is 11.1 Å². The third-order valence-corrected chi connectivity index (χ3v) is 4.13. The lowest BCUT2D eigenvalue weighted by Crippen LogP contribution is -2.13. The lowest BCUT2D eigenvalue weighted by atomic mass is 10.1. The van der Waals surface area contributed by atoms with E-state index in [1.165, 1.54) is 36.0 Å². The van der Waals surface area contributed by atoms with Gasteiger partial charge in [-0.15, -0.1) is 0 Å². The summed E-state index contributed by atoms with van der Waals surface area (Å²) in [5, 5.41) is 23.3. The Morgan fingerprint density at radius 3 is 3.04 bits per heavy atom. The van der Waals surface area contributed by atoms with Gasteiger partial charge in [0.25, 0.3) is 11.6 Å². The second kappa shape index (κ2) is 8.19. The number of thioether (sulfide) groups is 1. The third-order valence-electron chi connectivity index (χ3n) is 2.66. The zero-order chi connectivity index (χ0) is 17.5. The van der Waals surface area contributed by atoms with E-state index in [0.29, 0.717) is 10.7 Å². The van der Waals surface area contributed by atoms with Crippen LogP contribution in [0.5, 0.6) is 0 Å². The number of aromatic nitrogens is 2. The smallest absolute Gasteiger partial charge is 0.270 e. The van der Waals surface area contributed by atoms with Crippen LogP contribution in [-0.2, 0) is 4.79 Å². The topological polar surface area (TPSA) is 122 Å². The quantitative estimate of drug-likeness (QED) is 0.276. The normalized spacial score (nSPS) is 10.9. The molecule has 0 atom stereocenters. The van der Waals surface area contributed by atoms with Gasteiger partial charge in [0.05, 0.1) is 4.92 Å². The van der Waals surface area contributed by atoms with Gasteiger partial charge < -0.3 is 0 Å². The highest BCUT2D eigenvalue weighted by molar-refractivity contribution is 7.99. The number of carbonyl (C=O) groups is 1. The fourth-order valence-electron chi connectivity index (χ4n) is 1.66. The van der Waals surface area contributed by atoms with Crippen molar-refractivity contribution in [2.45, 2.75) is 12.1 Å². The third kappa shape index (κ3) is 4.61.